The third-order valence-corrected chi connectivity index (χ3v) is 3.55. The number of hydrogen-bond acceptors (Lipinski definition) is 4. The van der Waals surface area contributed by atoms with Crippen molar-refractivity contribution in [2.45, 2.75) is 53.1 Å². The molecule has 2 aromatic rings. The second-order valence-electron chi connectivity index (χ2n) is 5.23. The summed E-state index contributed by atoms with van der Waals surface area (Å²) in [4.78, 5) is 8.95. The van der Waals surface area contributed by atoms with E-state index in [4.69, 9.17) is 0 Å². The molecule has 2 heterocycles. The molecule has 0 saturated heterocycles. The van der Waals surface area contributed by atoms with Crippen molar-refractivity contribution in [1.29, 1.82) is 0 Å². The van der Waals surface area contributed by atoms with E-state index in [1.807, 2.05) is 19.3 Å². The van der Waals surface area contributed by atoms with E-state index in [0.29, 0.717) is 0 Å². The average Bonchev–Trinajstić information content (AvgIpc) is 2.90. The highest BCUT2D eigenvalue weighted by Crippen LogP contribution is 2.16. The van der Waals surface area contributed by atoms with Crippen LogP contribution in [0.5, 0.6) is 0 Å². The first kappa shape index (κ1) is 15.6. The summed E-state index contributed by atoms with van der Waals surface area (Å²) in [6.07, 6.45) is 5.58. The molecular weight excluding hydrogens is 262 g/mol. The van der Waals surface area contributed by atoms with Crippen LogP contribution in [0, 0.1) is 6.92 Å². The molecule has 2 aromatic heterocycles. The minimum absolute atomic E-state index is 0.127. The van der Waals surface area contributed by atoms with Gasteiger partial charge in [-0.05, 0) is 38.4 Å². The van der Waals surface area contributed by atoms with Gasteiger partial charge in [0.25, 0.3) is 0 Å². The van der Waals surface area contributed by atoms with Gasteiger partial charge in [-0.1, -0.05) is 13.8 Å². The Morgan fingerprint density at radius 2 is 1.90 bits per heavy atom. The quantitative estimate of drug-likeness (QED) is 0.850. The van der Waals surface area contributed by atoms with Crippen molar-refractivity contribution in [3.8, 4) is 0 Å². The van der Waals surface area contributed by atoms with E-state index >= 15 is 0 Å². The molecule has 1 atom stereocenters. The van der Waals surface area contributed by atoms with Gasteiger partial charge in [-0.2, -0.15) is 5.10 Å². The Labute approximate surface area is 126 Å². The number of nitrogens with zero attached hydrogens (tertiary/aromatic N) is 4. The van der Waals surface area contributed by atoms with Crippen LogP contribution in [0.3, 0.4) is 0 Å². The van der Waals surface area contributed by atoms with Crippen LogP contribution in [0.2, 0.25) is 0 Å². The Kier molecular flexibility index (Phi) is 5.44. The Bertz CT molecular complexity index is 559. The molecule has 0 aliphatic heterocycles. The van der Waals surface area contributed by atoms with Crippen molar-refractivity contribution in [3.63, 3.8) is 0 Å². The molecule has 0 amide bonds. The van der Waals surface area contributed by atoms with Gasteiger partial charge in [-0.25, -0.2) is 9.97 Å². The van der Waals surface area contributed by atoms with E-state index in [1.54, 1.807) is 0 Å². The van der Waals surface area contributed by atoms with Gasteiger partial charge in [-0.3, -0.25) is 4.68 Å². The lowest BCUT2D eigenvalue weighted by molar-refractivity contribution is 0.494. The van der Waals surface area contributed by atoms with Gasteiger partial charge in [0, 0.05) is 31.1 Å². The monoisotopic (exact) mass is 287 g/mol. The first-order valence-corrected chi connectivity index (χ1v) is 7.75. The first-order valence-electron chi connectivity index (χ1n) is 7.75. The van der Waals surface area contributed by atoms with Crippen molar-refractivity contribution in [1.82, 2.24) is 25.1 Å². The number of aryl methyl sites for hydroxylation is 3. The fourth-order valence-corrected chi connectivity index (χ4v) is 2.42. The summed E-state index contributed by atoms with van der Waals surface area (Å²) in [5.41, 5.74) is 3.47. The second-order valence-corrected chi connectivity index (χ2v) is 5.23. The SMILES string of the molecule is CCNC(Cc1cc(CC)nn1CC)c1ncc(C)cn1. The fourth-order valence-electron chi connectivity index (χ4n) is 2.42. The highest BCUT2D eigenvalue weighted by molar-refractivity contribution is 5.14. The molecule has 0 aromatic carbocycles. The van der Waals surface area contributed by atoms with Crippen LogP contribution in [-0.2, 0) is 19.4 Å². The number of likely N-dealkylation sites (N-methyl/N-ethyl adjacent to an activating group) is 1. The normalized spacial score (nSPS) is 12.6. The maximum Gasteiger partial charge on any atom is 0.145 e. The molecule has 0 aliphatic rings. The molecule has 0 saturated carbocycles. The molecular formula is C16H25N5. The zero-order valence-corrected chi connectivity index (χ0v) is 13.4. The number of hydrogen-bond donors (Lipinski definition) is 1. The first-order chi connectivity index (χ1) is 10.2. The zero-order chi connectivity index (χ0) is 15.2. The Morgan fingerprint density at radius 1 is 1.19 bits per heavy atom. The van der Waals surface area contributed by atoms with Gasteiger partial charge >= 0.3 is 0 Å². The predicted molar refractivity (Wildman–Crippen MR) is 84.2 cm³/mol. The average molecular weight is 287 g/mol. The lowest BCUT2D eigenvalue weighted by Gasteiger charge is -2.17. The third-order valence-electron chi connectivity index (χ3n) is 3.55. The molecule has 1 N–H and O–H groups in total. The molecule has 21 heavy (non-hydrogen) atoms. The van der Waals surface area contributed by atoms with Gasteiger partial charge in [-0.15, -0.1) is 0 Å². The molecule has 1 unspecified atom stereocenters. The zero-order valence-electron chi connectivity index (χ0n) is 13.4. The van der Waals surface area contributed by atoms with Gasteiger partial charge in [0.15, 0.2) is 0 Å². The highest BCUT2D eigenvalue weighted by atomic mass is 15.3. The molecule has 5 heteroatoms. The summed E-state index contributed by atoms with van der Waals surface area (Å²) in [5.74, 6) is 0.851. The topological polar surface area (TPSA) is 55.6 Å². The van der Waals surface area contributed by atoms with Crippen molar-refractivity contribution >= 4 is 0 Å². The molecule has 0 spiro atoms. The maximum atomic E-state index is 4.62. The molecule has 0 radical (unpaired) electrons. The summed E-state index contributed by atoms with van der Waals surface area (Å²) in [6, 6.07) is 2.32. The van der Waals surface area contributed by atoms with E-state index in [9.17, 15) is 0 Å². The summed E-state index contributed by atoms with van der Waals surface area (Å²) in [7, 11) is 0. The van der Waals surface area contributed by atoms with E-state index in [-0.39, 0.29) is 6.04 Å². The lowest BCUT2D eigenvalue weighted by Crippen LogP contribution is -2.26. The molecule has 114 valence electrons. The van der Waals surface area contributed by atoms with E-state index in [2.05, 4.69) is 51.9 Å². The van der Waals surface area contributed by atoms with Crippen LogP contribution in [0.1, 0.15) is 49.6 Å². The van der Waals surface area contributed by atoms with Gasteiger partial charge < -0.3 is 5.32 Å². The Balaban J connectivity index is 2.23. The van der Waals surface area contributed by atoms with Gasteiger partial charge in [0.05, 0.1) is 11.7 Å². The van der Waals surface area contributed by atoms with E-state index < -0.39 is 0 Å². The number of nitrogens with one attached hydrogen (secondary N) is 1. The second kappa shape index (κ2) is 7.31. The van der Waals surface area contributed by atoms with Crippen LogP contribution >= 0.6 is 0 Å². The van der Waals surface area contributed by atoms with Crippen molar-refractivity contribution in [2.75, 3.05) is 6.54 Å². The highest BCUT2D eigenvalue weighted by Gasteiger charge is 2.17. The van der Waals surface area contributed by atoms with Crippen molar-refractivity contribution < 1.29 is 0 Å². The lowest BCUT2D eigenvalue weighted by atomic mass is 10.1. The minimum Gasteiger partial charge on any atom is -0.307 e. The molecule has 5 nitrogen and oxygen atoms in total. The predicted octanol–water partition coefficient (Wildman–Crippen LogP) is 2.46. The smallest absolute Gasteiger partial charge is 0.145 e. The Morgan fingerprint density at radius 3 is 2.48 bits per heavy atom. The minimum atomic E-state index is 0.127. The van der Waals surface area contributed by atoms with Crippen LogP contribution in [0.15, 0.2) is 18.5 Å². The van der Waals surface area contributed by atoms with E-state index in [0.717, 1.165) is 43.0 Å². The van der Waals surface area contributed by atoms with Gasteiger partial charge in [0.1, 0.15) is 5.82 Å². The van der Waals surface area contributed by atoms with Crippen LogP contribution < -0.4 is 5.32 Å². The number of aromatic nitrogens is 4. The molecule has 0 aliphatic carbocycles. The van der Waals surface area contributed by atoms with Crippen molar-refractivity contribution in [2.24, 2.45) is 0 Å². The maximum absolute atomic E-state index is 4.62. The molecule has 0 fully saturated rings. The van der Waals surface area contributed by atoms with Crippen LogP contribution in [-0.4, -0.2) is 26.3 Å². The van der Waals surface area contributed by atoms with Gasteiger partial charge in [0.2, 0.25) is 0 Å². The largest absolute Gasteiger partial charge is 0.307 e. The summed E-state index contributed by atoms with van der Waals surface area (Å²) in [5, 5.41) is 8.10. The van der Waals surface area contributed by atoms with E-state index in [1.165, 1.54) is 5.69 Å². The summed E-state index contributed by atoms with van der Waals surface area (Å²) in [6.45, 7) is 10.2. The standard InChI is InChI=1S/C16H25N5/c1-5-13-8-14(21(7-3)20-13)9-15(17-6-2)16-18-10-12(4)11-19-16/h8,10-11,15,17H,5-7,9H2,1-4H3. The number of rotatable bonds is 7. The molecule has 0 bridgehead atoms. The summed E-state index contributed by atoms with van der Waals surface area (Å²) < 4.78 is 2.08. The fraction of sp³-hybridized carbons (Fsp3) is 0.562. The molecule has 2 rings (SSSR count). The Hall–Kier alpha value is -1.75. The third kappa shape index (κ3) is 3.88. The summed E-state index contributed by atoms with van der Waals surface area (Å²) >= 11 is 0. The van der Waals surface area contributed by atoms with Crippen molar-refractivity contribution in [3.05, 3.63) is 41.2 Å². The van der Waals surface area contributed by atoms with Crippen LogP contribution in [0.4, 0.5) is 0 Å². The van der Waals surface area contributed by atoms with Crippen LogP contribution in [0.25, 0.3) is 0 Å².